The molecule has 0 aliphatic carbocycles. The molecule has 174 valence electrons. The number of hydrogen-bond acceptors (Lipinski definition) is 6. The Hall–Kier alpha value is -3.51. The van der Waals surface area contributed by atoms with Crippen molar-refractivity contribution in [2.24, 2.45) is 10.8 Å². The number of primary amides is 1. The van der Waals surface area contributed by atoms with Gasteiger partial charge in [-0.1, -0.05) is 28.1 Å². The molecule has 0 fully saturated rings. The molecule has 3 aromatic carbocycles. The van der Waals surface area contributed by atoms with Crippen molar-refractivity contribution in [3.63, 3.8) is 0 Å². The third-order valence-corrected chi connectivity index (χ3v) is 6.44. The Bertz CT molecular complexity index is 1690. The lowest BCUT2D eigenvalue weighted by atomic mass is 10.2. The van der Waals surface area contributed by atoms with E-state index in [-0.39, 0.29) is 18.0 Å². The first kappa shape index (κ1) is 23.2. The lowest BCUT2D eigenvalue weighted by Crippen LogP contribution is -2.20. The lowest BCUT2D eigenvalue weighted by Gasteiger charge is -2.08. The van der Waals surface area contributed by atoms with Gasteiger partial charge in [0.25, 0.3) is 11.5 Å². The number of hydrogen-bond donors (Lipinski definition) is 1. The average Bonchev–Trinajstić information content (AvgIpc) is 3.25. The van der Waals surface area contributed by atoms with Crippen LogP contribution in [0, 0.1) is 3.57 Å². The molecule has 2 heterocycles. The van der Waals surface area contributed by atoms with Crippen molar-refractivity contribution in [1.29, 1.82) is 0 Å². The molecule has 0 saturated heterocycles. The Kier molecular flexibility index (Phi) is 6.39. The van der Waals surface area contributed by atoms with Crippen LogP contribution in [-0.4, -0.2) is 28.4 Å². The van der Waals surface area contributed by atoms with Crippen LogP contribution in [0.5, 0.6) is 5.75 Å². The van der Waals surface area contributed by atoms with Crippen molar-refractivity contribution in [3.05, 3.63) is 90.7 Å². The third kappa shape index (κ3) is 4.84. The number of fused-ring (bicyclic) bond motifs is 2. The predicted octanol–water partition coefficient (Wildman–Crippen LogP) is 4.92. The Morgan fingerprint density at radius 2 is 2.00 bits per heavy atom. The van der Waals surface area contributed by atoms with Gasteiger partial charge in [0.2, 0.25) is 5.82 Å². The maximum Gasteiger partial charge on any atom is 0.282 e. The van der Waals surface area contributed by atoms with Crippen molar-refractivity contribution in [3.8, 4) is 17.3 Å². The highest BCUT2D eigenvalue weighted by atomic mass is 127. The summed E-state index contributed by atoms with van der Waals surface area (Å²) in [5.41, 5.74) is 6.76. The van der Waals surface area contributed by atoms with Gasteiger partial charge >= 0.3 is 0 Å². The number of halogens is 2. The van der Waals surface area contributed by atoms with E-state index in [1.54, 1.807) is 36.5 Å². The number of rotatable bonds is 6. The zero-order valence-electron chi connectivity index (χ0n) is 17.9. The van der Waals surface area contributed by atoms with E-state index in [2.05, 4.69) is 48.6 Å². The number of benzene rings is 3. The fourth-order valence-corrected chi connectivity index (χ4v) is 4.58. The van der Waals surface area contributed by atoms with Crippen LogP contribution in [0.3, 0.4) is 0 Å². The second-order valence-corrected chi connectivity index (χ2v) is 9.63. The number of furan rings is 1. The Morgan fingerprint density at radius 3 is 2.80 bits per heavy atom. The van der Waals surface area contributed by atoms with Gasteiger partial charge < -0.3 is 14.9 Å². The van der Waals surface area contributed by atoms with Crippen LogP contribution in [0.25, 0.3) is 33.5 Å². The number of para-hydroxylation sites is 1. The maximum absolute atomic E-state index is 13.4. The summed E-state index contributed by atoms with van der Waals surface area (Å²) < 4.78 is 14.3. The fourth-order valence-electron chi connectivity index (χ4n) is 3.50. The molecule has 2 aromatic heterocycles. The van der Waals surface area contributed by atoms with Gasteiger partial charge in [0.15, 0.2) is 12.4 Å². The topological polar surface area (TPSA) is 113 Å². The number of carbonyl (C=O) groups excluding carboxylic acids is 1. The molecule has 5 rings (SSSR count). The second-order valence-electron chi connectivity index (χ2n) is 7.55. The quantitative estimate of drug-likeness (QED) is 0.209. The minimum Gasteiger partial charge on any atom is -0.483 e. The van der Waals surface area contributed by atoms with Gasteiger partial charge in [0.05, 0.1) is 20.7 Å². The SMILES string of the molecule is NC(=O)COc1ccc(C=Nn2c(-c3cc4cc(Br)ccc4o3)nc3ccccc3c2=O)cc1I. The van der Waals surface area contributed by atoms with Crippen LogP contribution < -0.4 is 16.0 Å². The highest BCUT2D eigenvalue weighted by Gasteiger charge is 2.16. The third-order valence-electron chi connectivity index (χ3n) is 5.10. The van der Waals surface area contributed by atoms with Crippen LogP contribution in [-0.2, 0) is 4.79 Å². The van der Waals surface area contributed by atoms with Gasteiger partial charge in [0, 0.05) is 9.86 Å². The highest BCUT2D eigenvalue weighted by molar-refractivity contribution is 14.1. The van der Waals surface area contributed by atoms with E-state index in [0.29, 0.717) is 28.0 Å². The molecule has 0 aliphatic rings. The standard InChI is InChI=1S/C25H16BrIN4O4/c26-16-6-8-20-15(10-16)11-22(35-20)24-30-19-4-2-1-3-17(19)25(33)31(24)29-12-14-5-7-21(18(27)9-14)34-13-23(28)32/h1-12H,13H2,(H2,28,32). The monoisotopic (exact) mass is 642 g/mol. The van der Waals surface area contributed by atoms with Gasteiger partial charge in [-0.3, -0.25) is 9.59 Å². The van der Waals surface area contributed by atoms with Gasteiger partial charge in [-0.05, 0) is 82.8 Å². The number of nitrogens with zero attached hydrogens (tertiary/aromatic N) is 3. The van der Waals surface area contributed by atoms with E-state index < -0.39 is 5.91 Å². The largest absolute Gasteiger partial charge is 0.483 e. The van der Waals surface area contributed by atoms with E-state index in [0.717, 1.165) is 19.0 Å². The molecule has 2 N–H and O–H groups in total. The number of amides is 1. The Balaban J connectivity index is 1.60. The van der Waals surface area contributed by atoms with Crippen LogP contribution in [0.15, 0.2) is 85.5 Å². The molecule has 0 unspecified atom stereocenters. The lowest BCUT2D eigenvalue weighted by molar-refractivity contribution is -0.119. The van der Waals surface area contributed by atoms with Crippen LogP contribution in [0.2, 0.25) is 0 Å². The minimum atomic E-state index is -0.555. The van der Waals surface area contributed by atoms with Crippen molar-refractivity contribution >= 4 is 72.5 Å². The molecule has 0 spiro atoms. The number of nitrogens with two attached hydrogens (primary N) is 1. The summed E-state index contributed by atoms with van der Waals surface area (Å²) in [4.78, 5) is 29.0. The normalized spacial score (nSPS) is 11.5. The Labute approximate surface area is 220 Å². The molecule has 10 heteroatoms. The van der Waals surface area contributed by atoms with E-state index in [1.807, 2.05) is 36.4 Å². The van der Waals surface area contributed by atoms with Gasteiger partial charge in [-0.2, -0.15) is 9.78 Å². The van der Waals surface area contributed by atoms with Crippen molar-refractivity contribution in [2.75, 3.05) is 6.61 Å². The highest BCUT2D eigenvalue weighted by Crippen LogP contribution is 2.29. The molecular formula is C25H16BrIN4O4. The maximum atomic E-state index is 13.4. The summed E-state index contributed by atoms with van der Waals surface area (Å²) in [6.45, 7) is -0.209. The molecule has 0 bridgehead atoms. The minimum absolute atomic E-state index is 0.209. The molecule has 8 nitrogen and oxygen atoms in total. The van der Waals surface area contributed by atoms with Crippen LogP contribution in [0.4, 0.5) is 0 Å². The molecule has 0 radical (unpaired) electrons. The first-order valence-electron chi connectivity index (χ1n) is 10.4. The smallest absolute Gasteiger partial charge is 0.282 e. The van der Waals surface area contributed by atoms with Crippen molar-refractivity contribution in [1.82, 2.24) is 9.66 Å². The van der Waals surface area contributed by atoms with E-state index >= 15 is 0 Å². The zero-order chi connectivity index (χ0) is 24.5. The summed E-state index contributed by atoms with van der Waals surface area (Å²) >= 11 is 5.56. The van der Waals surface area contributed by atoms with E-state index in [1.165, 1.54) is 4.68 Å². The molecule has 0 atom stereocenters. The van der Waals surface area contributed by atoms with Gasteiger partial charge in [0.1, 0.15) is 11.3 Å². The first-order valence-corrected chi connectivity index (χ1v) is 12.2. The summed E-state index contributed by atoms with van der Waals surface area (Å²) in [6.07, 6.45) is 1.56. The van der Waals surface area contributed by atoms with Crippen LogP contribution >= 0.6 is 38.5 Å². The van der Waals surface area contributed by atoms with Gasteiger partial charge in [-0.25, -0.2) is 4.98 Å². The fraction of sp³-hybridized carbons (Fsp3) is 0.0400. The zero-order valence-corrected chi connectivity index (χ0v) is 21.7. The van der Waals surface area contributed by atoms with Crippen molar-refractivity contribution in [2.45, 2.75) is 0 Å². The molecule has 5 aromatic rings. The Morgan fingerprint density at radius 1 is 1.17 bits per heavy atom. The second kappa shape index (κ2) is 9.62. The molecule has 1 amide bonds. The van der Waals surface area contributed by atoms with E-state index in [9.17, 15) is 9.59 Å². The van der Waals surface area contributed by atoms with E-state index in [4.69, 9.17) is 14.9 Å². The molecule has 35 heavy (non-hydrogen) atoms. The average molecular weight is 643 g/mol. The van der Waals surface area contributed by atoms with Crippen molar-refractivity contribution < 1.29 is 13.9 Å². The molecule has 0 aliphatic heterocycles. The molecular weight excluding hydrogens is 627 g/mol. The van der Waals surface area contributed by atoms with Gasteiger partial charge in [-0.15, -0.1) is 0 Å². The summed E-state index contributed by atoms with van der Waals surface area (Å²) in [7, 11) is 0. The first-order chi connectivity index (χ1) is 16.9. The number of carbonyl (C=O) groups is 1. The molecule has 0 saturated carbocycles. The number of ether oxygens (including phenoxy) is 1. The summed E-state index contributed by atoms with van der Waals surface area (Å²) in [6, 6.07) is 19.9. The van der Waals surface area contributed by atoms with Crippen LogP contribution in [0.1, 0.15) is 5.56 Å². The predicted molar refractivity (Wildman–Crippen MR) is 146 cm³/mol. The summed E-state index contributed by atoms with van der Waals surface area (Å²) in [5.74, 6) is 0.677. The number of aromatic nitrogens is 2. The summed E-state index contributed by atoms with van der Waals surface area (Å²) in [5, 5.41) is 5.77.